The zero-order chi connectivity index (χ0) is 14.0. The second kappa shape index (κ2) is 5.72. The molecule has 112 valence electrons. The van der Waals surface area contributed by atoms with Gasteiger partial charge in [-0.25, -0.2) is 0 Å². The standard InChI is InChI=1S/C15H24N2O3/c18-13-2-1-5-15(16-13)6-8-17(9-7-15)14(19)12-3-10-20-11-4-12/h12H,1-11H2,(H,16,18). The Bertz CT molecular complexity index is 383. The van der Waals surface area contributed by atoms with E-state index < -0.39 is 0 Å². The summed E-state index contributed by atoms with van der Waals surface area (Å²) in [4.78, 5) is 26.1. The molecule has 0 saturated carbocycles. The lowest BCUT2D eigenvalue weighted by Gasteiger charge is -2.45. The van der Waals surface area contributed by atoms with Gasteiger partial charge >= 0.3 is 0 Å². The van der Waals surface area contributed by atoms with Crippen molar-refractivity contribution in [3.8, 4) is 0 Å². The summed E-state index contributed by atoms with van der Waals surface area (Å²) < 4.78 is 5.32. The van der Waals surface area contributed by atoms with Gasteiger partial charge in [0, 0.05) is 44.2 Å². The average molecular weight is 280 g/mol. The van der Waals surface area contributed by atoms with E-state index >= 15 is 0 Å². The van der Waals surface area contributed by atoms with Crippen LogP contribution in [0, 0.1) is 5.92 Å². The second-order valence-electron chi connectivity index (χ2n) is 6.39. The van der Waals surface area contributed by atoms with Gasteiger partial charge in [0.15, 0.2) is 0 Å². The van der Waals surface area contributed by atoms with E-state index in [2.05, 4.69) is 5.32 Å². The van der Waals surface area contributed by atoms with Crippen molar-refractivity contribution in [3.63, 3.8) is 0 Å². The third-order valence-corrected chi connectivity index (χ3v) is 5.07. The van der Waals surface area contributed by atoms with Crippen LogP contribution in [-0.2, 0) is 14.3 Å². The lowest BCUT2D eigenvalue weighted by atomic mass is 9.80. The molecule has 5 nitrogen and oxygen atoms in total. The number of hydrogen-bond donors (Lipinski definition) is 1. The van der Waals surface area contributed by atoms with E-state index in [0.29, 0.717) is 25.5 Å². The Morgan fingerprint density at radius 2 is 1.90 bits per heavy atom. The van der Waals surface area contributed by atoms with Crippen LogP contribution >= 0.6 is 0 Å². The monoisotopic (exact) mass is 280 g/mol. The van der Waals surface area contributed by atoms with Gasteiger partial charge in [0.1, 0.15) is 0 Å². The topological polar surface area (TPSA) is 58.6 Å². The lowest BCUT2D eigenvalue weighted by molar-refractivity contribution is -0.140. The first-order chi connectivity index (χ1) is 9.69. The number of nitrogens with one attached hydrogen (secondary N) is 1. The molecule has 0 radical (unpaired) electrons. The van der Waals surface area contributed by atoms with Crippen molar-refractivity contribution in [2.24, 2.45) is 5.92 Å². The Morgan fingerprint density at radius 1 is 1.20 bits per heavy atom. The summed E-state index contributed by atoms with van der Waals surface area (Å²) in [5, 5.41) is 3.17. The van der Waals surface area contributed by atoms with Crippen molar-refractivity contribution in [3.05, 3.63) is 0 Å². The molecule has 0 atom stereocenters. The summed E-state index contributed by atoms with van der Waals surface area (Å²) in [5.41, 5.74) is -0.0260. The van der Waals surface area contributed by atoms with Gasteiger partial charge in [-0.2, -0.15) is 0 Å². The number of rotatable bonds is 1. The predicted octanol–water partition coefficient (Wildman–Crippen LogP) is 1.07. The summed E-state index contributed by atoms with van der Waals surface area (Å²) >= 11 is 0. The van der Waals surface area contributed by atoms with Crippen molar-refractivity contribution >= 4 is 11.8 Å². The highest BCUT2D eigenvalue weighted by Gasteiger charge is 2.39. The van der Waals surface area contributed by atoms with Gasteiger partial charge in [0.2, 0.25) is 11.8 Å². The van der Waals surface area contributed by atoms with E-state index in [1.807, 2.05) is 4.90 Å². The zero-order valence-corrected chi connectivity index (χ0v) is 12.0. The van der Waals surface area contributed by atoms with Gasteiger partial charge in [-0.1, -0.05) is 0 Å². The van der Waals surface area contributed by atoms with Crippen LogP contribution < -0.4 is 5.32 Å². The van der Waals surface area contributed by atoms with Crippen molar-refractivity contribution in [2.45, 2.75) is 50.5 Å². The highest BCUT2D eigenvalue weighted by Crippen LogP contribution is 2.31. The van der Waals surface area contributed by atoms with E-state index in [1.54, 1.807) is 0 Å². The maximum absolute atomic E-state index is 12.5. The van der Waals surface area contributed by atoms with Crippen LogP contribution in [0.5, 0.6) is 0 Å². The third kappa shape index (κ3) is 2.82. The number of likely N-dealkylation sites (tertiary alicyclic amines) is 1. The molecule has 0 aromatic carbocycles. The van der Waals surface area contributed by atoms with Crippen LogP contribution in [0.3, 0.4) is 0 Å². The van der Waals surface area contributed by atoms with Gasteiger partial charge in [-0.05, 0) is 38.5 Å². The van der Waals surface area contributed by atoms with Crippen LogP contribution in [0.2, 0.25) is 0 Å². The van der Waals surface area contributed by atoms with Gasteiger partial charge in [-0.3, -0.25) is 9.59 Å². The molecule has 1 spiro atoms. The van der Waals surface area contributed by atoms with E-state index in [4.69, 9.17) is 4.74 Å². The number of amides is 2. The first-order valence-electron chi connectivity index (χ1n) is 7.86. The van der Waals surface area contributed by atoms with Crippen LogP contribution in [0.1, 0.15) is 44.9 Å². The predicted molar refractivity (Wildman–Crippen MR) is 74.1 cm³/mol. The molecule has 3 heterocycles. The minimum Gasteiger partial charge on any atom is -0.381 e. The molecular weight excluding hydrogens is 256 g/mol. The van der Waals surface area contributed by atoms with E-state index in [-0.39, 0.29) is 17.4 Å². The molecule has 3 aliphatic heterocycles. The van der Waals surface area contributed by atoms with Crippen LogP contribution in [0.15, 0.2) is 0 Å². The normalized spacial score (nSPS) is 27.4. The summed E-state index contributed by atoms with van der Waals surface area (Å²) in [7, 11) is 0. The minimum atomic E-state index is -0.0260. The Balaban J connectivity index is 1.55. The number of piperidine rings is 2. The molecule has 0 unspecified atom stereocenters. The SMILES string of the molecule is O=C1CCCC2(CCN(C(=O)C3CCOCC3)CC2)N1. The molecule has 20 heavy (non-hydrogen) atoms. The Kier molecular flexibility index (Phi) is 3.96. The maximum atomic E-state index is 12.5. The third-order valence-electron chi connectivity index (χ3n) is 5.07. The number of hydrogen-bond acceptors (Lipinski definition) is 3. The second-order valence-corrected chi connectivity index (χ2v) is 6.39. The Morgan fingerprint density at radius 3 is 2.55 bits per heavy atom. The van der Waals surface area contributed by atoms with Crippen molar-refractivity contribution in [1.82, 2.24) is 10.2 Å². The average Bonchev–Trinajstić information content (AvgIpc) is 2.48. The fourth-order valence-electron chi connectivity index (χ4n) is 3.74. The molecule has 0 aliphatic carbocycles. The highest BCUT2D eigenvalue weighted by atomic mass is 16.5. The molecule has 0 bridgehead atoms. The molecule has 2 amide bonds. The summed E-state index contributed by atoms with van der Waals surface area (Å²) in [5.74, 6) is 0.629. The number of carbonyl (C=O) groups is 2. The summed E-state index contributed by atoms with van der Waals surface area (Å²) in [6.45, 7) is 3.00. The van der Waals surface area contributed by atoms with Gasteiger partial charge in [0.25, 0.3) is 0 Å². The largest absolute Gasteiger partial charge is 0.381 e. The van der Waals surface area contributed by atoms with Crippen LogP contribution in [-0.4, -0.2) is 48.6 Å². The first kappa shape index (κ1) is 13.9. The van der Waals surface area contributed by atoms with E-state index in [1.165, 1.54) is 0 Å². The van der Waals surface area contributed by atoms with Crippen LogP contribution in [0.25, 0.3) is 0 Å². The van der Waals surface area contributed by atoms with Crippen molar-refractivity contribution in [2.75, 3.05) is 26.3 Å². The van der Waals surface area contributed by atoms with Gasteiger partial charge < -0.3 is 15.0 Å². The first-order valence-corrected chi connectivity index (χ1v) is 7.86. The molecule has 3 rings (SSSR count). The molecule has 3 aliphatic rings. The van der Waals surface area contributed by atoms with E-state index in [9.17, 15) is 9.59 Å². The quantitative estimate of drug-likeness (QED) is 0.782. The number of carbonyl (C=O) groups excluding carboxylic acids is 2. The fraction of sp³-hybridized carbons (Fsp3) is 0.867. The minimum absolute atomic E-state index is 0.0260. The van der Waals surface area contributed by atoms with Gasteiger partial charge in [-0.15, -0.1) is 0 Å². The molecule has 5 heteroatoms. The highest BCUT2D eigenvalue weighted by molar-refractivity contribution is 5.79. The summed E-state index contributed by atoms with van der Waals surface area (Å²) in [6, 6.07) is 0. The van der Waals surface area contributed by atoms with Gasteiger partial charge in [0.05, 0.1) is 0 Å². The van der Waals surface area contributed by atoms with Crippen molar-refractivity contribution in [1.29, 1.82) is 0 Å². The molecule has 3 saturated heterocycles. The maximum Gasteiger partial charge on any atom is 0.225 e. The fourth-order valence-corrected chi connectivity index (χ4v) is 3.74. The van der Waals surface area contributed by atoms with Crippen molar-refractivity contribution < 1.29 is 14.3 Å². The number of ether oxygens (including phenoxy) is 1. The lowest BCUT2D eigenvalue weighted by Crippen LogP contribution is -2.58. The molecule has 3 fully saturated rings. The molecule has 0 aromatic rings. The Labute approximate surface area is 120 Å². The summed E-state index contributed by atoms with van der Waals surface area (Å²) in [6.07, 6.45) is 6.25. The molecule has 0 aromatic heterocycles. The molecule has 1 N–H and O–H groups in total. The smallest absolute Gasteiger partial charge is 0.225 e. The van der Waals surface area contributed by atoms with Crippen LogP contribution in [0.4, 0.5) is 0 Å². The van der Waals surface area contributed by atoms with E-state index in [0.717, 1.165) is 51.6 Å². The zero-order valence-electron chi connectivity index (χ0n) is 12.0. The number of nitrogens with zero attached hydrogens (tertiary/aromatic N) is 1. The molecular formula is C15H24N2O3. The Hall–Kier alpha value is -1.10.